The van der Waals surface area contributed by atoms with Gasteiger partial charge < -0.3 is 9.88 Å². The van der Waals surface area contributed by atoms with Gasteiger partial charge >= 0.3 is 0 Å². The Labute approximate surface area is 182 Å². The zero-order valence-electron chi connectivity index (χ0n) is 18.1. The third-order valence-corrected chi connectivity index (χ3v) is 7.14. The standard InChI is InChI=1S/C24H31N5O2/c30-23-19-16-28(15-17-6-2-1-3-7-17)13-10-20(19)26-22(27-23)21-9-5-12-29(21)24(31)18-8-4-11-25-14-18/h4,8,11,14,17,21H,1-3,5-7,9-10,12-13,15-16H2,(H,26,27,30). The Hall–Kier alpha value is -2.54. The van der Waals surface area contributed by atoms with Crippen molar-refractivity contribution in [2.24, 2.45) is 5.92 Å². The highest BCUT2D eigenvalue weighted by molar-refractivity contribution is 5.94. The summed E-state index contributed by atoms with van der Waals surface area (Å²) >= 11 is 0. The number of aromatic amines is 1. The van der Waals surface area contributed by atoms with Crippen molar-refractivity contribution in [2.75, 3.05) is 19.6 Å². The Kier molecular flexibility index (Phi) is 5.85. The summed E-state index contributed by atoms with van der Waals surface area (Å²) in [6, 6.07) is 3.39. The molecule has 0 bridgehead atoms. The number of pyridine rings is 1. The van der Waals surface area contributed by atoms with Crippen LogP contribution in [0.5, 0.6) is 0 Å². The van der Waals surface area contributed by atoms with Crippen molar-refractivity contribution in [1.82, 2.24) is 24.8 Å². The second-order valence-electron chi connectivity index (χ2n) is 9.26. The fraction of sp³-hybridized carbons (Fsp3) is 0.583. The van der Waals surface area contributed by atoms with Crippen LogP contribution in [0.15, 0.2) is 29.3 Å². The normalized spacial score (nSPS) is 22.5. The number of rotatable bonds is 4. The Balaban J connectivity index is 1.33. The zero-order chi connectivity index (χ0) is 21.2. The van der Waals surface area contributed by atoms with Crippen LogP contribution in [-0.2, 0) is 13.0 Å². The number of H-pyrrole nitrogens is 1. The van der Waals surface area contributed by atoms with Crippen LogP contribution in [-0.4, -0.2) is 50.3 Å². The largest absolute Gasteiger partial charge is 0.328 e. The predicted molar refractivity (Wildman–Crippen MR) is 118 cm³/mol. The Morgan fingerprint density at radius 3 is 2.81 bits per heavy atom. The van der Waals surface area contributed by atoms with E-state index in [-0.39, 0.29) is 17.5 Å². The quantitative estimate of drug-likeness (QED) is 0.820. The van der Waals surface area contributed by atoms with Crippen LogP contribution in [0, 0.1) is 5.92 Å². The molecule has 164 valence electrons. The number of carbonyl (C=O) groups is 1. The first-order valence-electron chi connectivity index (χ1n) is 11.7. The average molecular weight is 422 g/mol. The van der Waals surface area contributed by atoms with E-state index >= 15 is 0 Å². The smallest absolute Gasteiger partial charge is 0.256 e. The highest BCUT2D eigenvalue weighted by Gasteiger charge is 2.34. The first-order valence-corrected chi connectivity index (χ1v) is 11.7. The number of hydrogen-bond acceptors (Lipinski definition) is 5. The van der Waals surface area contributed by atoms with Crippen molar-refractivity contribution in [1.29, 1.82) is 0 Å². The Morgan fingerprint density at radius 2 is 2.00 bits per heavy atom. The van der Waals surface area contributed by atoms with Crippen molar-refractivity contribution >= 4 is 5.91 Å². The lowest BCUT2D eigenvalue weighted by Crippen LogP contribution is -2.40. The van der Waals surface area contributed by atoms with Gasteiger partial charge in [-0.15, -0.1) is 0 Å². The summed E-state index contributed by atoms with van der Waals surface area (Å²) in [6.07, 6.45) is 12.5. The van der Waals surface area contributed by atoms with Crippen molar-refractivity contribution in [3.05, 3.63) is 57.5 Å². The molecule has 0 aromatic carbocycles. The molecule has 1 amide bonds. The molecule has 2 aliphatic heterocycles. The molecule has 0 radical (unpaired) electrons. The molecule has 2 fully saturated rings. The Morgan fingerprint density at radius 1 is 1.13 bits per heavy atom. The lowest BCUT2D eigenvalue weighted by Gasteiger charge is -2.33. The molecule has 4 heterocycles. The third kappa shape index (κ3) is 4.28. The van der Waals surface area contributed by atoms with Gasteiger partial charge in [-0.1, -0.05) is 19.3 Å². The van der Waals surface area contributed by atoms with E-state index in [2.05, 4.69) is 14.9 Å². The number of carbonyl (C=O) groups excluding carboxylic acids is 1. The van der Waals surface area contributed by atoms with E-state index in [0.29, 0.717) is 24.5 Å². The summed E-state index contributed by atoms with van der Waals surface area (Å²) < 4.78 is 0. The topological polar surface area (TPSA) is 82.2 Å². The first kappa shape index (κ1) is 20.4. The van der Waals surface area contributed by atoms with Crippen LogP contribution < -0.4 is 5.56 Å². The number of hydrogen-bond donors (Lipinski definition) is 1. The van der Waals surface area contributed by atoms with Crippen molar-refractivity contribution < 1.29 is 4.79 Å². The minimum absolute atomic E-state index is 0.0333. The summed E-state index contributed by atoms with van der Waals surface area (Å²) in [7, 11) is 0. The molecule has 2 aromatic heterocycles. The second kappa shape index (κ2) is 8.91. The summed E-state index contributed by atoms with van der Waals surface area (Å²) in [5.41, 5.74) is 2.27. The summed E-state index contributed by atoms with van der Waals surface area (Å²) in [4.78, 5) is 42.2. The number of nitrogens with one attached hydrogen (secondary N) is 1. The van der Waals surface area contributed by atoms with Gasteiger partial charge in [-0.25, -0.2) is 4.98 Å². The number of aromatic nitrogens is 3. The predicted octanol–water partition coefficient (Wildman–Crippen LogP) is 3.08. The van der Waals surface area contributed by atoms with Gasteiger partial charge in [-0.2, -0.15) is 0 Å². The molecule has 1 N–H and O–H groups in total. The number of amides is 1. The van der Waals surface area contributed by atoms with Crippen LogP contribution in [0.4, 0.5) is 0 Å². The van der Waals surface area contributed by atoms with Gasteiger partial charge in [0.15, 0.2) is 0 Å². The van der Waals surface area contributed by atoms with E-state index < -0.39 is 0 Å². The van der Waals surface area contributed by atoms with E-state index in [1.165, 1.54) is 32.1 Å². The van der Waals surface area contributed by atoms with Gasteiger partial charge in [-0.05, 0) is 43.7 Å². The van der Waals surface area contributed by atoms with Crippen LogP contribution >= 0.6 is 0 Å². The third-order valence-electron chi connectivity index (χ3n) is 7.14. The number of fused-ring (bicyclic) bond motifs is 1. The SMILES string of the molecule is O=C(c1cccnc1)N1CCCC1c1nc2c(c(=O)[nH]1)CN(CC1CCCCC1)CC2. The van der Waals surface area contributed by atoms with Crippen LogP contribution in [0.3, 0.4) is 0 Å². The molecular formula is C24H31N5O2. The van der Waals surface area contributed by atoms with E-state index in [9.17, 15) is 9.59 Å². The molecule has 1 saturated heterocycles. The molecule has 31 heavy (non-hydrogen) atoms. The lowest BCUT2D eigenvalue weighted by molar-refractivity contribution is 0.0728. The summed E-state index contributed by atoms with van der Waals surface area (Å²) in [6.45, 7) is 3.42. The molecule has 7 heteroatoms. The van der Waals surface area contributed by atoms with Gasteiger partial charge in [0.1, 0.15) is 5.82 Å². The van der Waals surface area contributed by atoms with E-state index in [0.717, 1.165) is 49.5 Å². The monoisotopic (exact) mass is 421 g/mol. The fourth-order valence-electron chi connectivity index (χ4n) is 5.50. The van der Waals surface area contributed by atoms with Gasteiger partial charge in [0, 0.05) is 45.0 Å². The van der Waals surface area contributed by atoms with Crippen molar-refractivity contribution in [3.8, 4) is 0 Å². The van der Waals surface area contributed by atoms with Gasteiger partial charge in [0.05, 0.1) is 22.9 Å². The maximum atomic E-state index is 13.0. The molecule has 1 atom stereocenters. The molecule has 2 aromatic rings. The molecule has 1 aliphatic carbocycles. The molecule has 3 aliphatic rings. The highest BCUT2D eigenvalue weighted by Crippen LogP contribution is 2.32. The lowest BCUT2D eigenvalue weighted by atomic mass is 9.88. The molecule has 0 spiro atoms. The maximum Gasteiger partial charge on any atom is 0.256 e. The minimum Gasteiger partial charge on any atom is -0.328 e. The van der Waals surface area contributed by atoms with E-state index in [1.807, 2.05) is 4.90 Å². The van der Waals surface area contributed by atoms with Gasteiger partial charge in [0.2, 0.25) is 0 Å². The zero-order valence-corrected chi connectivity index (χ0v) is 18.1. The highest BCUT2D eigenvalue weighted by atomic mass is 16.2. The van der Waals surface area contributed by atoms with Crippen LogP contribution in [0.2, 0.25) is 0 Å². The summed E-state index contributed by atoms with van der Waals surface area (Å²) in [5, 5.41) is 0. The summed E-state index contributed by atoms with van der Waals surface area (Å²) in [5.74, 6) is 1.36. The second-order valence-corrected chi connectivity index (χ2v) is 9.26. The Bertz CT molecular complexity index is 983. The van der Waals surface area contributed by atoms with Gasteiger partial charge in [0.25, 0.3) is 11.5 Å². The number of likely N-dealkylation sites (tertiary alicyclic amines) is 1. The minimum atomic E-state index is -0.175. The van der Waals surface area contributed by atoms with Crippen LogP contribution in [0.1, 0.15) is 78.4 Å². The maximum absolute atomic E-state index is 13.0. The molecule has 1 unspecified atom stereocenters. The molecule has 1 saturated carbocycles. The fourth-order valence-corrected chi connectivity index (χ4v) is 5.50. The molecular weight excluding hydrogens is 390 g/mol. The van der Waals surface area contributed by atoms with Crippen LogP contribution in [0.25, 0.3) is 0 Å². The van der Waals surface area contributed by atoms with E-state index in [4.69, 9.17) is 4.98 Å². The molecule has 7 nitrogen and oxygen atoms in total. The number of nitrogens with zero attached hydrogens (tertiary/aromatic N) is 4. The van der Waals surface area contributed by atoms with Gasteiger partial charge in [-0.3, -0.25) is 19.5 Å². The average Bonchev–Trinajstić information content (AvgIpc) is 3.30. The van der Waals surface area contributed by atoms with Crippen molar-refractivity contribution in [2.45, 2.75) is 64.0 Å². The van der Waals surface area contributed by atoms with E-state index in [1.54, 1.807) is 24.5 Å². The molecule has 5 rings (SSSR count). The van der Waals surface area contributed by atoms with Crippen molar-refractivity contribution in [3.63, 3.8) is 0 Å². The first-order chi connectivity index (χ1) is 15.2.